The molecule has 0 saturated carbocycles. The highest BCUT2D eigenvalue weighted by Crippen LogP contribution is 2.21. The van der Waals surface area contributed by atoms with E-state index >= 15 is 0 Å². The molecule has 0 aliphatic carbocycles. The van der Waals surface area contributed by atoms with Crippen LogP contribution in [0, 0.1) is 0 Å². The summed E-state index contributed by atoms with van der Waals surface area (Å²) in [6, 6.07) is 7.15. The van der Waals surface area contributed by atoms with E-state index in [4.69, 9.17) is 23.2 Å². The lowest BCUT2D eigenvalue weighted by molar-refractivity contribution is 0.0954. The summed E-state index contributed by atoms with van der Waals surface area (Å²) in [7, 11) is 0. The highest BCUT2D eigenvalue weighted by atomic mass is 35.5. The van der Waals surface area contributed by atoms with Crippen molar-refractivity contribution < 1.29 is 4.79 Å². The SMILES string of the molecule is CC(C)(C)Nc1cncc(C(=O)NCCc2ccc(Cl)cc2Cl)c1. The highest BCUT2D eigenvalue weighted by molar-refractivity contribution is 6.35. The topological polar surface area (TPSA) is 54.0 Å². The van der Waals surface area contributed by atoms with Crippen LogP contribution in [0.3, 0.4) is 0 Å². The number of carbonyl (C=O) groups excluding carboxylic acids is 1. The second-order valence-electron chi connectivity index (χ2n) is 6.58. The van der Waals surface area contributed by atoms with Gasteiger partial charge in [0.2, 0.25) is 0 Å². The summed E-state index contributed by atoms with van der Waals surface area (Å²) in [5, 5.41) is 7.39. The lowest BCUT2D eigenvalue weighted by Gasteiger charge is -2.22. The maximum absolute atomic E-state index is 12.3. The van der Waals surface area contributed by atoms with Gasteiger partial charge < -0.3 is 10.6 Å². The van der Waals surface area contributed by atoms with Crippen LogP contribution in [0.25, 0.3) is 0 Å². The van der Waals surface area contributed by atoms with Crippen molar-refractivity contribution in [3.63, 3.8) is 0 Å². The van der Waals surface area contributed by atoms with E-state index in [0.29, 0.717) is 28.6 Å². The van der Waals surface area contributed by atoms with Gasteiger partial charge in [0.15, 0.2) is 0 Å². The number of aromatic nitrogens is 1. The number of halogens is 2. The lowest BCUT2D eigenvalue weighted by Crippen LogP contribution is -2.28. The number of hydrogen-bond acceptors (Lipinski definition) is 3. The van der Waals surface area contributed by atoms with Crippen molar-refractivity contribution in [1.29, 1.82) is 0 Å². The van der Waals surface area contributed by atoms with E-state index < -0.39 is 0 Å². The number of pyridine rings is 1. The molecule has 0 saturated heterocycles. The minimum Gasteiger partial charge on any atom is -0.379 e. The van der Waals surface area contributed by atoms with Gasteiger partial charge in [-0.05, 0) is 51.0 Å². The number of amides is 1. The van der Waals surface area contributed by atoms with Gasteiger partial charge >= 0.3 is 0 Å². The second-order valence-corrected chi connectivity index (χ2v) is 7.42. The van der Waals surface area contributed by atoms with Crippen LogP contribution < -0.4 is 10.6 Å². The molecule has 0 aliphatic heterocycles. The molecule has 0 unspecified atom stereocenters. The quantitative estimate of drug-likeness (QED) is 0.815. The molecule has 128 valence electrons. The number of hydrogen-bond donors (Lipinski definition) is 2. The Bertz CT molecular complexity index is 726. The largest absolute Gasteiger partial charge is 0.379 e. The first-order chi connectivity index (χ1) is 11.2. The maximum Gasteiger partial charge on any atom is 0.252 e. The van der Waals surface area contributed by atoms with Crippen molar-refractivity contribution in [1.82, 2.24) is 10.3 Å². The average molecular weight is 366 g/mol. The van der Waals surface area contributed by atoms with Gasteiger partial charge in [-0.25, -0.2) is 0 Å². The smallest absolute Gasteiger partial charge is 0.252 e. The average Bonchev–Trinajstić information content (AvgIpc) is 2.48. The zero-order valence-electron chi connectivity index (χ0n) is 14.0. The Labute approximate surface area is 152 Å². The van der Waals surface area contributed by atoms with Gasteiger partial charge in [0.25, 0.3) is 5.91 Å². The zero-order valence-corrected chi connectivity index (χ0v) is 15.5. The summed E-state index contributed by atoms with van der Waals surface area (Å²) in [5.41, 5.74) is 2.19. The van der Waals surface area contributed by atoms with E-state index in [1.807, 2.05) is 6.07 Å². The molecule has 1 heterocycles. The fraction of sp³-hybridized carbons (Fsp3) is 0.333. The molecule has 0 fully saturated rings. The number of carbonyl (C=O) groups is 1. The summed E-state index contributed by atoms with van der Waals surface area (Å²) in [6.07, 6.45) is 3.89. The normalized spacial score (nSPS) is 11.2. The van der Waals surface area contributed by atoms with E-state index in [-0.39, 0.29) is 11.4 Å². The molecule has 1 aromatic carbocycles. The van der Waals surface area contributed by atoms with Crippen LogP contribution in [0.1, 0.15) is 36.7 Å². The van der Waals surface area contributed by atoms with E-state index in [0.717, 1.165) is 11.3 Å². The molecular weight excluding hydrogens is 345 g/mol. The number of nitrogens with zero attached hydrogens (tertiary/aromatic N) is 1. The second kappa shape index (κ2) is 7.86. The molecule has 0 atom stereocenters. The van der Waals surface area contributed by atoms with Crippen LogP contribution in [0.5, 0.6) is 0 Å². The molecule has 1 amide bonds. The monoisotopic (exact) mass is 365 g/mol. The third-order valence-electron chi connectivity index (χ3n) is 3.21. The predicted molar refractivity (Wildman–Crippen MR) is 100 cm³/mol. The molecule has 2 N–H and O–H groups in total. The Morgan fingerprint density at radius 1 is 1.17 bits per heavy atom. The zero-order chi connectivity index (χ0) is 17.7. The predicted octanol–water partition coefficient (Wildman–Crippen LogP) is 4.57. The van der Waals surface area contributed by atoms with Crippen LogP contribution in [0.2, 0.25) is 10.0 Å². The Kier molecular flexibility index (Phi) is 6.08. The lowest BCUT2D eigenvalue weighted by atomic mass is 10.1. The van der Waals surface area contributed by atoms with Crippen molar-refractivity contribution in [3.05, 3.63) is 57.8 Å². The minimum absolute atomic E-state index is 0.0951. The Balaban J connectivity index is 1.94. The Morgan fingerprint density at radius 2 is 1.92 bits per heavy atom. The number of rotatable bonds is 5. The van der Waals surface area contributed by atoms with Crippen LogP contribution in [0.15, 0.2) is 36.7 Å². The van der Waals surface area contributed by atoms with Crippen molar-refractivity contribution in [2.45, 2.75) is 32.7 Å². The highest BCUT2D eigenvalue weighted by Gasteiger charge is 2.12. The van der Waals surface area contributed by atoms with Crippen LogP contribution in [-0.2, 0) is 6.42 Å². The number of benzene rings is 1. The third-order valence-corrected chi connectivity index (χ3v) is 3.80. The molecule has 2 rings (SSSR count). The molecule has 0 aliphatic rings. The molecule has 0 spiro atoms. The molecule has 0 radical (unpaired) electrons. The van der Waals surface area contributed by atoms with Gasteiger partial charge in [-0.15, -0.1) is 0 Å². The summed E-state index contributed by atoms with van der Waals surface area (Å²) >= 11 is 12.0. The maximum atomic E-state index is 12.3. The fourth-order valence-electron chi connectivity index (χ4n) is 2.20. The van der Waals surface area contributed by atoms with E-state index in [1.54, 1.807) is 30.6 Å². The minimum atomic E-state index is -0.162. The first kappa shape index (κ1) is 18.6. The van der Waals surface area contributed by atoms with Crippen LogP contribution in [0.4, 0.5) is 5.69 Å². The molecule has 1 aromatic heterocycles. The summed E-state index contributed by atoms with van der Waals surface area (Å²) in [4.78, 5) is 16.4. The van der Waals surface area contributed by atoms with Gasteiger partial charge in [-0.2, -0.15) is 0 Å². The standard InChI is InChI=1S/C18H21Cl2N3O/c1-18(2,3)23-15-8-13(10-21-11-15)17(24)22-7-6-12-4-5-14(19)9-16(12)20/h4-5,8-11,23H,6-7H2,1-3H3,(H,22,24). The molecule has 6 heteroatoms. The van der Waals surface area contributed by atoms with Gasteiger partial charge in [0.1, 0.15) is 0 Å². The Hall–Kier alpha value is -1.78. The van der Waals surface area contributed by atoms with Gasteiger partial charge in [0.05, 0.1) is 11.3 Å². The van der Waals surface area contributed by atoms with Crippen molar-refractivity contribution in [2.75, 3.05) is 11.9 Å². The summed E-state index contributed by atoms with van der Waals surface area (Å²) in [6.45, 7) is 6.64. The van der Waals surface area contributed by atoms with Gasteiger partial charge in [-0.1, -0.05) is 29.3 Å². The van der Waals surface area contributed by atoms with E-state index in [2.05, 4.69) is 36.4 Å². The summed E-state index contributed by atoms with van der Waals surface area (Å²) in [5.74, 6) is -0.162. The van der Waals surface area contributed by atoms with Crippen LogP contribution >= 0.6 is 23.2 Å². The van der Waals surface area contributed by atoms with Gasteiger partial charge in [0, 0.05) is 34.5 Å². The van der Waals surface area contributed by atoms with Crippen LogP contribution in [-0.4, -0.2) is 23.0 Å². The molecular formula is C18H21Cl2N3O. The molecule has 4 nitrogen and oxygen atoms in total. The summed E-state index contributed by atoms with van der Waals surface area (Å²) < 4.78 is 0. The van der Waals surface area contributed by atoms with Crippen molar-refractivity contribution in [2.24, 2.45) is 0 Å². The molecule has 24 heavy (non-hydrogen) atoms. The molecule has 2 aromatic rings. The van der Waals surface area contributed by atoms with Gasteiger partial charge in [-0.3, -0.25) is 9.78 Å². The van der Waals surface area contributed by atoms with E-state index in [1.165, 1.54) is 0 Å². The number of nitrogens with one attached hydrogen (secondary N) is 2. The van der Waals surface area contributed by atoms with Crippen molar-refractivity contribution in [3.8, 4) is 0 Å². The molecule has 0 bridgehead atoms. The van der Waals surface area contributed by atoms with E-state index in [9.17, 15) is 4.79 Å². The number of anilines is 1. The Morgan fingerprint density at radius 3 is 2.58 bits per heavy atom. The third kappa shape index (κ3) is 5.69. The first-order valence-corrected chi connectivity index (χ1v) is 8.45. The van der Waals surface area contributed by atoms with Crippen molar-refractivity contribution >= 4 is 34.8 Å². The first-order valence-electron chi connectivity index (χ1n) is 7.70. The fourth-order valence-corrected chi connectivity index (χ4v) is 2.71.